The zero-order valence-electron chi connectivity index (χ0n) is 9.26. The van der Waals surface area contributed by atoms with Crippen LogP contribution >= 0.6 is 23.5 Å². The van der Waals surface area contributed by atoms with Gasteiger partial charge in [-0.15, -0.1) is 23.5 Å². The highest BCUT2D eigenvalue weighted by atomic mass is 32.2. The Hall–Kier alpha value is -0.320. The maximum Gasteiger partial charge on any atom is 0.118 e. The standard InChI is InChI=1S/C12H16O2S2/c1-14-9-2-4-10(5-3-9)15-12-7-6-11(8-13)16-12/h2-5,11-13H,6-8H2,1H3. The molecular weight excluding hydrogens is 240 g/mol. The lowest BCUT2D eigenvalue weighted by Crippen LogP contribution is -2.01. The summed E-state index contributed by atoms with van der Waals surface area (Å²) in [5.41, 5.74) is 0. The van der Waals surface area contributed by atoms with Gasteiger partial charge in [0.15, 0.2) is 0 Å². The van der Waals surface area contributed by atoms with E-state index < -0.39 is 0 Å². The average Bonchev–Trinajstić information content (AvgIpc) is 2.78. The lowest BCUT2D eigenvalue weighted by Gasteiger charge is -2.09. The molecule has 16 heavy (non-hydrogen) atoms. The third-order valence-electron chi connectivity index (χ3n) is 2.60. The first kappa shape index (κ1) is 12.1. The maximum absolute atomic E-state index is 9.07. The van der Waals surface area contributed by atoms with Crippen LogP contribution in [0.2, 0.25) is 0 Å². The largest absolute Gasteiger partial charge is 0.497 e. The third kappa shape index (κ3) is 3.09. The molecule has 2 unspecified atom stereocenters. The summed E-state index contributed by atoms with van der Waals surface area (Å²) >= 11 is 3.78. The second-order valence-corrected chi connectivity index (χ2v) is 6.82. The van der Waals surface area contributed by atoms with E-state index in [1.165, 1.54) is 11.3 Å². The van der Waals surface area contributed by atoms with Gasteiger partial charge in [0.05, 0.1) is 18.3 Å². The molecule has 0 aliphatic carbocycles. The second kappa shape index (κ2) is 5.84. The van der Waals surface area contributed by atoms with Gasteiger partial charge in [0.1, 0.15) is 5.75 Å². The molecule has 1 aromatic rings. The van der Waals surface area contributed by atoms with E-state index in [1.807, 2.05) is 35.7 Å². The molecule has 1 aromatic carbocycles. The van der Waals surface area contributed by atoms with Gasteiger partial charge in [0, 0.05) is 10.1 Å². The van der Waals surface area contributed by atoms with E-state index in [0.29, 0.717) is 16.4 Å². The number of hydrogen-bond donors (Lipinski definition) is 1. The number of benzene rings is 1. The number of hydrogen-bond acceptors (Lipinski definition) is 4. The fourth-order valence-electron chi connectivity index (χ4n) is 1.70. The van der Waals surface area contributed by atoms with E-state index in [2.05, 4.69) is 12.1 Å². The third-order valence-corrected chi connectivity index (χ3v) is 5.57. The second-order valence-electron chi connectivity index (χ2n) is 3.74. The van der Waals surface area contributed by atoms with Crippen LogP contribution in [0.3, 0.4) is 0 Å². The number of rotatable bonds is 4. The summed E-state index contributed by atoms with van der Waals surface area (Å²) in [6, 6.07) is 8.17. The fourth-order valence-corrected chi connectivity index (χ4v) is 4.64. The van der Waals surface area contributed by atoms with Gasteiger partial charge in [-0.25, -0.2) is 0 Å². The molecule has 1 heterocycles. The van der Waals surface area contributed by atoms with Crippen molar-refractivity contribution in [2.75, 3.05) is 13.7 Å². The van der Waals surface area contributed by atoms with Crippen molar-refractivity contribution in [1.82, 2.24) is 0 Å². The van der Waals surface area contributed by atoms with E-state index in [-0.39, 0.29) is 0 Å². The summed E-state index contributed by atoms with van der Waals surface area (Å²) in [4.78, 5) is 1.27. The molecule has 0 saturated carbocycles. The Kier molecular flexibility index (Phi) is 4.44. The number of ether oxygens (including phenoxy) is 1. The first-order valence-corrected chi connectivity index (χ1v) is 7.21. The van der Waals surface area contributed by atoms with E-state index in [9.17, 15) is 0 Å². The minimum absolute atomic E-state index is 0.310. The van der Waals surface area contributed by atoms with Crippen LogP contribution in [0.5, 0.6) is 5.75 Å². The topological polar surface area (TPSA) is 29.5 Å². The molecular formula is C12H16O2S2. The first-order valence-electron chi connectivity index (χ1n) is 5.39. The quantitative estimate of drug-likeness (QED) is 0.897. The van der Waals surface area contributed by atoms with Crippen LogP contribution in [-0.2, 0) is 0 Å². The molecule has 0 bridgehead atoms. The number of aliphatic hydroxyl groups excluding tert-OH is 1. The van der Waals surface area contributed by atoms with Crippen LogP contribution < -0.4 is 4.74 Å². The lowest BCUT2D eigenvalue weighted by molar-refractivity contribution is 0.293. The molecule has 1 saturated heterocycles. The van der Waals surface area contributed by atoms with Crippen molar-refractivity contribution in [3.63, 3.8) is 0 Å². The van der Waals surface area contributed by atoms with Crippen molar-refractivity contribution in [3.05, 3.63) is 24.3 Å². The summed E-state index contributed by atoms with van der Waals surface area (Å²) in [7, 11) is 1.68. The molecule has 1 aliphatic rings. The van der Waals surface area contributed by atoms with Gasteiger partial charge in [-0.2, -0.15) is 0 Å². The molecule has 0 aromatic heterocycles. The predicted molar refractivity (Wildman–Crippen MR) is 70.3 cm³/mol. The van der Waals surface area contributed by atoms with Crippen molar-refractivity contribution in [2.24, 2.45) is 0 Å². The molecule has 0 amide bonds. The minimum Gasteiger partial charge on any atom is -0.497 e. The molecule has 1 N–H and O–H groups in total. The molecule has 1 aliphatic heterocycles. The first-order chi connectivity index (χ1) is 7.81. The zero-order valence-corrected chi connectivity index (χ0v) is 10.9. The maximum atomic E-state index is 9.07. The zero-order chi connectivity index (χ0) is 11.4. The Morgan fingerprint density at radius 1 is 1.38 bits per heavy atom. The smallest absolute Gasteiger partial charge is 0.118 e. The van der Waals surface area contributed by atoms with E-state index in [0.717, 1.165) is 12.2 Å². The highest BCUT2D eigenvalue weighted by Crippen LogP contribution is 2.43. The Morgan fingerprint density at radius 2 is 2.12 bits per heavy atom. The highest BCUT2D eigenvalue weighted by molar-refractivity contribution is 8.17. The van der Waals surface area contributed by atoms with Crippen molar-refractivity contribution in [2.45, 2.75) is 27.6 Å². The molecule has 0 spiro atoms. The van der Waals surface area contributed by atoms with Crippen molar-refractivity contribution in [1.29, 1.82) is 0 Å². The molecule has 4 heteroatoms. The van der Waals surface area contributed by atoms with Crippen molar-refractivity contribution < 1.29 is 9.84 Å². The summed E-state index contributed by atoms with van der Waals surface area (Å²) < 4.78 is 5.71. The monoisotopic (exact) mass is 256 g/mol. The van der Waals surface area contributed by atoms with Gasteiger partial charge in [-0.05, 0) is 37.1 Å². The summed E-state index contributed by atoms with van der Waals surface area (Å²) in [6.07, 6.45) is 2.32. The average molecular weight is 256 g/mol. The highest BCUT2D eigenvalue weighted by Gasteiger charge is 2.25. The number of aliphatic hydroxyl groups is 1. The molecule has 2 atom stereocenters. The van der Waals surface area contributed by atoms with Crippen molar-refractivity contribution >= 4 is 23.5 Å². The fraction of sp³-hybridized carbons (Fsp3) is 0.500. The summed E-state index contributed by atoms with van der Waals surface area (Å²) in [5.74, 6) is 0.900. The van der Waals surface area contributed by atoms with Crippen LogP contribution in [0.4, 0.5) is 0 Å². The Morgan fingerprint density at radius 3 is 2.69 bits per heavy atom. The Balaban J connectivity index is 1.89. The van der Waals surface area contributed by atoms with Gasteiger partial charge < -0.3 is 9.84 Å². The Bertz CT molecular complexity index is 326. The van der Waals surface area contributed by atoms with Gasteiger partial charge in [0.2, 0.25) is 0 Å². The van der Waals surface area contributed by atoms with Crippen molar-refractivity contribution in [3.8, 4) is 5.75 Å². The molecule has 1 fully saturated rings. The van der Waals surface area contributed by atoms with Crippen LogP contribution in [-0.4, -0.2) is 28.7 Å². The predicted octanol–water partition coefficient (Wildman–Crippen LogP) is 3.00. The molecule has 2 nitrogen and oxygen atoms in total. The minimum atomic E-state index is 0.310. The molecule has 2 rings (SSSR count). The van der Waals surface area contributed by atoms with Gasteiger partial charge in [-0.3, -0.25) is 0 Å². The lowest BCUT2D eigenvalue weighted by atomic mass is 10.3. The van der Waals surface area contributed by atoms with Gasteiger partial charge in [0.25, 0.3) is 0 Å². The van der Waals surface area contributed by atoms with E-state index in [1.54, 1.807) is 7.11 Å². The normalized spacial score (nSPS) is 24.6. The summed E-state index contributed by atoms with van der Waals surface area (Å²) in [6.45, 7) is 0.310. The van der Waals surface area contributed by atoms with E-state index >= 15 is 0 Å². The number of thioether (sulfide) groups is 2. The van der Waals surface area contributed by atoms with Crippen LogP contribution in [0.15, 0.2) is 29.2 Å². The molecule has 88 valence electrons. The molecule has 0 radical (unpaired) electrons. The number of methoxy groups -OCH3 is 1. The SMILES string of the molecule is COc1ccc(SC2CCC(CO)S2)cc1. The summed E-state index contributed by atoms with van der Waals surface area (Å²) in [5, 5.41) is 9.51. The van der Waals surface area contributed by atoms with Gasteiger partial charge in [-0.1, -0.05) is 0 Å². The van der Waals surface area contributed by atoms with Crippen LogP contribution in [0.1, 0.15) is 12.8 Å². The van der Waals surface area contributed by atoms with E-state index in [4.69, 9.17) is 9.84 Å². The van der Waals surface area contributed by atoms with Crippen LogP contribution in [0.25, 0.3) is 0 Å². The Labute approximate surface area is 105 Å². The van der Waals surface area contributed by atoms with Gasteiger partial charge >= 0.3 is 0 Å². The van der Waals surface area contributed by atoms with Crippen LogP contribution in [0, 0.1) is 0 Å².